The van der Waals surface area contributed by atoms with Crippen LogP contribution in [-0.4, -0.2) is 11.0 Å². The van der Waals surface area contributed by atoms with Crippen LogP contribution >= 0.6 is 11.8 Å². The van der Waals surface area contributed by atoms with Crippen molar-refractivity contribution in [1.82, 2.24) is 0 Å². The van der Waals surface area contributed by atoms with Gasteiger partial charge in [0.15, 0.2) is 5.78 Å². The van der Waals surface area contributed by atoms with E-state index in [0.29, 0.717) is 11.0 Å². The van der Waals surface area contributed by atoms with Crippen molar-refractivity contribution in [2.24, 2.45) is 5.92 Å². The Morgan fingerprint density at radius 3 is 2.71 bits per heavy atom. The summed E-state index contributed by atoms with van der Waals surface area (Å²) in [5.41, 5.74) is 2.08. The number of fused-ring (bicyclic) bond motifs is 1. The van der Waals surface area contributed by atoms with E-state index in [0.717, 1.165) is 10.5 Å². The molecule has 1 heterocycles. The second-order valence-electron chi connectivity index (χ2n) is 3.98. The van der Waals surface area contributed by atoms with Gasteiger partial charge in [0, 0.05) is 21.6 Å². The Kier molecular flexibility index (Phi) is 2.40. The van der Waals surface area contributed by atoms with E-state index in [9.17, 15) is 4.79 Å². The topological polar surface area (TPSA) is 17.1 Å². The van der Waals surface area contributed by atoms with Gasteiger partial charge in [-0.25, -0.2) is 0 Å². The van der Waals surface area contributed by atoms with Crippen LogP contribution in [0.1, 0.15) is 29.8 Å². The van der Waals surface area contributed by atoms with Crippen LogP contribution in [0.5, 0.6) is 0 Å². The van der Waals surface area contributed by atoms with Crippen LogP contribution in [-0.2, 0) is 0 Å². The summed E-state index contributed by atoms with van der Waals surface area (Å²) >= 11 is 1.81. The number of hydrogen-bond donors (Lipinski definition) is 0. The van der Waals surface area contributed by atoms with Gasteiger partial charge in [0.2, 0.25) is 0 Å². The fourth-order valence-corrected chi connectivity index (χ4v) is 2.86. The van der Waals surface area contributed by atoms with Crippen molar-refractivity contribution < 1.29 is 4.79 Å². The Labute approximate surface area is 88.9 Å². The van der Waals surface area contributed by atoms with Crippen LogP contribution in [0, 0.1) is 12.8 Å². The third-order valence-electron chi connectivity index (χ3n) is 2.83. The predicted molar refractivity (Wildman–Crippen MR) is 60.0 cm³/mol. The molecule has 0 amide bonds. The molecular weight excluding hydrogens is 192 g/mol. The summed E-state index contributed by atoms with van der Waals surface area (Å²) in [5, 5.41) is 0.401. The second-order valence-corrected chi connectivity index (χ2v) is 5.39. The summed E-state index contributed by atoms with van der Waals surface area (Å²) in [4.78, 5) is 13.1. The summed E-state index contributed by atoms with van der Waals surface area (Å²) in [7, 11) is 0. The standard InChI is InChI=1S/C12H14OS/c1-7-4-5-11-10(6-7)12(13)8(2)9(3)14-11/h4-6,8-9H,1-3H3/t8-,9+/m0/s1. The number of hydrogen-bond acceptors (Lipinski definition) is 2. The van der Waals surface area contributed by atoms with Crippen LogP contribution in [0.2, 0.25) is 0 Å². The maximum atomic E-state index is 12.0. The van der Waals surface area contributed by atoms with E-state index in [1.807, 2.05) is 31.7 Å². The average Bonchev–Trinajstić information content (AvgIpc) is 2.16. The van der Waals surface area contributed by atoms with Gasteiger partial charge in [0.05, 0.1) is 0 Å². The molecule has 0 bridgehead atoms. The zero-order valence-electron chi connectivity index (χ0n) is 8.70. The van der Waals surface area contributed by atoms with Crippen molar-refractivity contribution in [1.29, 1.82) is 0 Å². The molecule has 2 rings (SSSR count). The maximum absolute atomic E-state index is 12.0. The molecule has 0 unspecified atom stereocenters. The first kappa shape index (κ1) is 9.78. The van der Waals surface area contributed by atoms with E-state index in [4.69, 9.17) is 0 Å². The number of thioether (sulfide) groups is 1. The number of carbonyl (C=O) groups is 1. The van der Waals surface area contributed by atoms with Crippen LogP contribution in [0.3, 0.4) is 0 Å². The van der Waals surface area contributed by atoms with Crippen LogP contribution in [0.25, 0.3) is 0 Å². The minimum atomic E-state index is 0.147. The van der Waals surface area contributed by atoms with E-state index in [-0.39, 0.29) is 5.92 Å². The molecular formula is C12H14OS. The molecule has 0 aliphatic carbocycles. The molecule has 1 aliphatic heterocycles. The number of benzene rings is 1. The fourth-order valence-electron chi connectivity index (χ4n) is 1.70. The smallest absolute Gasteiger partial charge is 0.167 e. The monoisotopic (exact) mass is 206 g/mol. The lowest BCUT2D eigenvalue weighted by atomic mass is 9.95. The first-order chi connectivity index (χ1) is 6.59. The molecule has 0 saturated carbocycles. The van der Waals surface area contributed by atoms with Gasteiger partial charge in [0.25, 0.3) is 0 Å². The largest absolute Gasteiger partial charge is 0.294 e. The molecule has 1 aromatic carbocycles. The van der Waals surface area contributed by atoms with Crippen molar-refractivity contribution in [2.45, 2.75) is 30.9 Å². The molecule has 14 heavy (non-hydrogen) atoms. The van der Waals surface area contributed by atoms with E-state index < -0.39 is 0 Å². The number of carbonyl (C=O) groups excluding carboxylic acids is 1. The highest BCUT2D eigenvalue weighted by molar-refractivity contribution is 8.00. The van der Waals surface area contributed by atoms with E-state index in [1.54, 1.807) is 0 Å². The highest BCUT2D eigenvalue weighted by atomic mass is 32.2. The van der Waals surface area contributed by atoms with Gasteiger partial charge in [0.1, 0.15) is 0 Å². The average molecular weight is 206 g/mol. The van der Waals surface area contributed by atoms with Crippen molar-refractivity contribution in [3.8, 4) is 0 Å². The van der Waals surface area contributed by atoms with Crippen LogP contribution in [0.15, 0.2) is 23.1 Å². The maximum Gasteiger partial charge on any atom is 0.167 e. The summed E-state index contributed by atoms with van der Waals surface area (Å²) in [6.07, 6.45) is 0. The summed E-state index contributed by atoms with van der Waals surface area (Å²) in [6, 6.07) is 6.14. The summed E-state index contributed by atoms with van der Waals surface area (Å²) in [5.74, 6) is 0.448. The van der Waals surface area contributed by atoms with Gasteiger partial charge in [-0.1, -0.05) is 25.5 Å². The van der Waals surface area contributed by atoms with E-state index in [1.165, 1.54) is 5.56 Å². The van der Waals surface area contributed by atoms with Crippen molar-refractivity contribution in [2.75, 3.05) is 0 Å². The van der Waals surface area contributed by atoms with E-state index >= 15 is 0 Å². The SMILES string of the molecule is Cc1ccc2c(c1)C(=O)[C@@H](C)[C@@H](C)S2. The Bertz CT molecular complexity index is 384. The Morgan fingerprint density at radius 1 is 1.29 bits per heavy atom. The number of ketones is 1. The molecule has 1 nitrogen and oxygen atoms in total. The molecule has 2 atom stereocenters. The molecule has 0 spiro atoms. The van der Waals surface area contributed by atoms with Crippen molar-refractivity contribution >= 4 is 17.5 Å². The molecule has 0 radical (unpaired) electrons. The van der Waals surface area contributed by atoms with Gasteiger partial charge in [-0.3, -0.25) is 4.79 Å². The van der Waals surface area contributed by atoms with Crippen LogP contribution in [0.4, 0.5) is 0 Å². The van der Waals surface area contributed by atoms with Crippen LogP contribution < -0.4 is 0 Å². The van der Waals surface area contributed by atoms with Gasteiger partial charge >= 0.3 is 0 Å². The Balaban J connectivity index is 2.51. The number of rotatable bonds is 0. The molecule has 2 heteroatoms. The lowest BCUT2D eigenvalue weighted by Gasteiger charge is -2.26. The molecule has 0 saturated heterocycles. The number of aryl methyl sites for hydroxylation is 1. The van der Waals surface area contributed by atoms with Gasteiger partial charge < -0.3 is 0 Å². The van der Waals surface area contributed by atoms with E-state index in [2.05, 4.69) is 19.1 Å². The zero-order chi connectivity index (χ0) is 10.3. The molecule has 1 aliphatic rings. The van der Waals surface area contributed by atoms with Crippen molar-refractivity contribution in [3.05, 3.63) is 29.3 Å². The minimum Gasteiger partial charge on any atom is -0.294 e. The third kappa shape index (κ3) is 1.48. The van der Waals surface area contributed by atoms with Gasteiger partial charge in [-0.2, -0.15) is 0 Å². The quantitative estimate of drug-likeness (QED) is 0.648. The van der Waals surface area contributed by atoms with Gasteiger partial charge in [-0.15, -0.1) is 11.8 Å². The molecule has 0 aromatic heterocycles. The first-order valence-electron chi connectivity index (χ1n) is 4.91. The predicted octanol–water partition coefficient (Wildman–Crippen LogP) is 3.31. The van der Waals surface area contributed by atoms with Gasteiger partial charge in [-0.05, 0) is 19.1 Å². The Morgan fingerprint density at radius 2 is 2.00 bits per heavy atom. The highest BCUT2D eigenvalue weighted by Gasteiger charge is 2.29. The highest BCUT2D eigenvalue weighted by Crippen LogP contribution is 2.38. The third-order valence-corrected chi connectivity index (χ3v) is 4.22. The normalized spacial score (nSPS) is 26.1. The molecule has 0 N–H and O–H groups in total. The number of Topliss-reactive ketones (excluding diaryl/α,β-unsaturated/α-hetero) is 1. The summed E-state index contributed by atoms with van der Waals surface area (Å²) < 4.78 is 0. The minimum absolute atomic E-state index is 0.147. The molecule has 74 valence electrons. The lowest BCUT2D eigenvalue weighted by Crippen LogP contribution is -2.25. The zero-order valence-corrected chi connectivity index (χ0v) is 9.52. The Hall–Kier alpha value is -0.760. The van der Waals surface area contributed by atoms with Crippen molar-refractivity contribution in [3.63, 3.8) is 0 Å². The second kappa shape index (κ2) is 3.43. The fraction of sp³-hybridized carbons (Fsp3) is 0.417. The lowest BCUT2D eigenvalue weighted by molar-refractivity contribution is 0.0924. The molecule has 0 fully saturated rings. The first-order valence-corrected chi connectivity index (χ1v) is 5.79. The summed E-state index contributed by atoms with van der Waals surface area (Å²) in [6.45, 7) is 6.17. The molecule has 1 aromatic rings.